The summed E-state index contributed by atoms with van der Waals surface area (Å²) < 4.78 is 0. The van der Waals surface area contributed by atoms with Gasteiger partial charge in [-0.1, -0.05) is 61.5 Å². The average molecular weight is 409 g/mol. The zero-order valence-electron chi connectivity index (χ0n) is 16.8. The predicted octanol–water partition coefficient (Wildman–Crippen LogP) is 3.96. The smallest absolute Gasteiger partial charge is 0.335 e. The monoisotopic (exact) mass is 409 g/mol. The first-order valence-corrected chi connectivity index (χ1v) is 10.3. The molecule has 1 aliphatic heterocycles. The van der Waals surface area contributed by atoms with E-state index in [4.69, 9.17) is 0 Å². The van der Waals surface area contributed by atoms with Crippen LogP contribution >= 0.6 is 0 Å². The van der Waals surface area contributed by atoms with Crippen LogP contribution in [0.15, 0.2) is 72.8 Å². The molecule has 5 heteroatoms. The second-order valence-electron chi connectivity index (χ2n) is 8.73. The third-order valence-corrected chi connectivity index (χ3v) is 7.39. The van der Waals surface area contributed by atoms with E-state index in [0.717, 1.165) is 22.3 Å². The van der Waals surface area contributed by atoms with Crippen molar-refractivity contribution < 1.29 is 19.5 Å². The van der Waals surface area contributed by atoms with Crippen molar-refractivity contribution in [1.82, 2.24) is 0 Å². The van der Waals surface area contributed by atoms with E-state index in [2.05, 4.69) is 31.2 Å². The van der Waals surface area contributed by atoms with Gasteiger partial charge >= 0.3 is 5.97 Å². The molecule has 1 saturated heterocycles. The van der Waals surface area contributed by atoms with E-state index in [1.165, 1.54) is 17.0 Å². The second-order valence-corrected chi connectivity index (χ2v) is 8.73. The molecule has 0 aromatic heterocycles. The Kier molecular flexibility index (Phi) is 3.45. The molecule has 2 atom stereocenters. The molecule has 1 fully saturated rings. The summed E-state index contributed by atoms with van der Waals surface area (Å²) in [6.07, 6.45) is 0. The van der Waals surface area contributed by atoms with E-state index in [1.807, 2.05) is 24.3 Å². The highest BCUT2D eigenvalue weighted by molar-refractivity contribution is 6.24. The lowest BCUT2D eigenvalue weighted by molar-refractivity contribution is -0.123. The van der Waals surface area contributed by atoms with Crippen molar-refractivity contribution in [1.29, 1.82) is 0 Å². The quantitative estimate of drug-likeness (QED) is 0.651. The van der Waals surface area contributed by atoms with E-state index in [9.17, 15) is 19.5 Å². The van der Waals surface area contributed by atoms with E-state index >= 15 is 0 Å². The molecule has 1 N–H and O–H groups in total. The topological polar surface area (TPSA) is 74.7 Å². The maximum absolute atomic E-state index is 13.8. The van der Waals surface area contributed by atoms with Gasteiger partial charge in [0.15, 0.2) is 0 Å². The number of carboxylic acids is 1. The summed E-state index contributed by atoms with van der Waals surface area (Å²) in [4.78, 5) is 40.2. The highest BCUT2D eigenvalue weighted by Crippen LogP contribution is 2.64. The summed E-state index contributed by atoms with van der Waals surface area (Å²) in [5.41, 5.74) is 4.15. The molecule has 3 aromatic carbocycles. The SMILES string of the molecule is CC12c3ccccc3C(c3ccccc31)[C@@H]1C(=O)N(c3cccc(C(=O)O)c3)C(=O)[C@@H]12. The lowest BCUT2D eigenvalue weighted by Crippen LogP contribution is -2.51. The minimum atomic E-state index is -1.09. The van der Waals surface area contributed by atoms with Gasteiger partial charge in [0, 0.05) is 11.3 Å². The first-order valence-electron chi connectivity index (χ1n) is 10.3. The molecule has 2 bridgehead atoms. The van der Waals surface area contributed by atoms with Gasteiger partial charge in [-0.05, 0) is 40.5 Å². The van der Waals surface area contributed by atoms with Crippen LogP contribution in [0.3, 0.4) is 0 Å². The third kappa shape index (κ3) is 2.08. The van der Waals surface area contributed by atoms with Crippen LogP contribution in [-0.2, 0) is 15.0 Å². The molecule has 0 radical (unpaired) electrons. The summed E-state index contributed by atoms with van der Waals surface area (Å²) in [7, 11) is 0. The van der Waals surface area contributed by atoms with Crippen LogP contribution in [0.1, 0.15) is 45.5 Å². The van der Waals surface area contributed by atoms with Crippen molar-refractivity contribution in [2.24, 2.45) is 11.8 Å². The van der Waals surface area contributed by atoms with Crippen LogP contribution in [0.4, 0.5) is 5.69 Å². The number of aromatic carboxylic acids is 1. The number of anilines is 1. The van der Waals surface area contributed by atoms with Crippen LogP contribution < -0.4 is 4.90 Å². The Bertz CT molecular complexity index is 1260. The minimum Gasteiger partial charge on any atom is -0.478 e. The van der Waals surface area contributed by atoms with E-state index in [0.29, 0.717) is 5.69 Å². The Hall–Kier alpha value is -3.73. The third-order valence-electron chi connectivity index (χ3n) is 7.39. The van der Waals surface area contributed by atoms with Gasteiger partial charge in [-0.15, -0.1) is 0 Å². The first kappa shape index (κ1) is 18.1. The molecule has 1 heterocycles. The number of carbonyl (C=O) groups excluding carboxylic acids is 2. The first-order chi connectivity index (χ1) is 14.9. The number of hydrogen-bond acceptors (Lipinski definition) is 3. The number of amides is 2. The largest absolute Gasteiger partial charge is 0.478 e. The van der Waals surface area contributed by atoms with Crippen LogP contribution in [0, 0.1) is 11.8 Å². The molecule has 0 unspecified atom stereocenters. The lowest BCUT2D eigenvalue weighted by atomic mass is 9.48. The summed E-state index contributed by atoms with van der Waals surface area (Å²) in [5, 5.41) is 9.37. The van der Waals surface area contributed by atoms with E-state index in [-0.39, 0.29) is 23.3 Å². The normalized spacial score (nSPS) is 27.6. The van der Waals surface area contributed by atoms with Crippen LogP contribution in [0.2, 0.25) is 0 Å². The maximum atomic E-state index is 13.8. The van der Waals surface area contributed by atoms with Gasteiger partial charge in [0.05, 0.1) is 23.1 Å². The molecule has 2 amide bonds. The Balaban J connectivity index is 1.58. The molecule has 3 aromatic rings. The highest BCUT2D eigenvalue weighted by atomic mass is 16.4. The maximum Gasteiger partial charge on any atom is 0.335 e. The van der Waals surface area contributed by atoms with Crippen molar-refractivity contribution in [2.45, 2.75) is 18.3 Å². The van der Waals surface area contributed by atoms with Crippen LogP contribution in [0.25, 0.3) is 0 Å². The molecular formula is C26H19NO4. The number of nitrogens with zero attached hydrogens (tertiary/aromatic N) is 1. The summed E-state index contributed by atoms with van der Waals surface area (Å²) >= 11 is 0. The number of carbonyl (C=O) groups is 3. The molecule has 3 aliphatic carbocycles. The zero-order chi connectivity index (χ0) is 21.5. The van der Waals surface area contributed by atoms with Gasteiger partial charge in [0.25, 0.3) is 0 Å². The minimum absolute atomic E-state index is 0.0497. The van der Waals surface area contributed by atoms with Gasteiger partial charge in [0.2, 0.25) is 11.8 Å². The second kappa shape index (κ2) is 5.91. The molecule has 7 rings (SSSR count). The molecule has 0 saturated carbocycles. The van der Waals surface area contributed by atoms with Gasteiger partial charge in [-0.2, -0.15) is 0 Å². The van der Waals surface area contributed by atoms with Crippen molar-refractivity contribution in [3.8, 4) is 0 Å². The van der Waals surface area contributed by atoms with Gasteiger partial charge in [-0.3, -0.25) is 9.59 Å². The van der Waals surface area contributed by atoms with Crippen LogP contribution in [-0.4, -0.2) is 22.9 Å². The highest BCUT2D eigenvalue weighted by Gasteiger charge is 2.66. The molecule has 31 heavy (non-hydrogen) atoms. The van der Waals surface area contributed by atoms with Gasteiger partial charge in [0.1, 0.15) is 0 Å². The van der Waals surface area contributed by atoms with Gasteiger partial charge in [-0.25, -0.2) is 9.69 Å². The van der Waals surface area contributed by atoms with Crippen molar-refractivity contribution >= 4 is 23.5 Å². The number of carboxylic acid groups (broad SMARTS) is 1. The molecule has 152 valence electrons. The number of benzene rings is 3. The predicted molar refractivity (Wildman–Crippen MR) is 114 cm³/mol. The molecule has 4 aliphatic rings. The number of imide groups is 1. The lowest BCUT2D eigenvalue weighted by Gasteiger charge is -2.52. The number of hydrogen-bond donors (Lipinski definition) is 1. The van der Waals surface area contributed by atoms with Gasteiger partial charge < -0.3 is 5.11 Å². The Morgan fingerprint density at radius 1 is 0.871 bits per heavy atom. The Morgan fingerprint density at radius 2 is 1.48 bits per heavy atom. The summed E-state index contributed by atoms with van der Waals surface area (Å²) in [6, 6.07) is 22.3. The Morgan fingerprint density at radius 3 is 2.10 bits per heavy atom. The average Bonchev–Trinajstić information content (AvgIpc) is 3.06. The Labute approximate surface area is 178 Å². The van der Waals surface area contributed by atoms with Crippen molar-refractivity contribution in [2.75, 3.05) is 4.90 Å². The fourth-order valence-electron chi connectivity index (χ4n) is 6.18. The van der Waals surface area contributed by atoms with E-state index < -0.39 is 23.2 Å². The fourth-order valence-corrected chi connectivity index (χ4v) is 6.18. The van der Waals surface area contributed by atoms with E-state index in [1.54, 1.807) is 12.1 Å². The summed E-state index contributed by atoms with van der Waals surface area (Å²) in [6.45, 7) is 2.07. The fraction of sp³-hybridized carbons (Fsp3) is 0.192. The molecular weight excluding hydrogens is 390 g/mol. The molecule has 0 spiro atoms. The zero-order valence-corrected chi connectivity index (χ0v) is 16.8. The van der Waals surface area contributed by atoms with Crippen molar-refractivity contribution in [3.63, 3.8) is 0 Å². The summed E-state index contributed by atoms with van der Waals surface area (Å²) in [5.74, 6) is -2.82. The molecule has 5 nitrogen and oxygen atoms in total. The van der Waals surface area contributed by atoms with Crippen molar-refractivity contribution in [3.05, 3.63) is 101 Å². The number of rotatable bonds is 2. The standard InChI is InChI=1S/C26H19NO4/c1-26-18-11-4-2-9-16(18)20(17-10-3-5-12-19(17)26)21-22(26)24(29)27(23(21)28)15-8-6-7-14(13-15)25(30)31/h2-13,20-22H,1H3,(H,30,31)/t20?,21-,22+,26?/m0/s1. The van der Waals surface area contributed by atoms with Crippen LogP contribution in [0.5, 0.6) is 0 Å².